The molecule has 0 aliphatic rings. The fraction of sp³-hybridized carbons (Fsp3) is 0.818. The van der Waals surface area contributed by atoms with Crippen LogP contribution in [-0.2, 0) is 4.79 Å². The van der Waals surface area contributed by atoms with Crippen LogP contribution in [0, 0.1) is 0 Å². The van der Waals surface area contributed by atoms with Crippen LogP contribution in [0.1, 0.15) is 26.2 Å². The van der Waals surface area contributed by atoms with Crippen LogP contribution >= 0.6 is 0 Å². The number of carbonyl (C=O) groups excluding carboxylic acids is 1. The molecule has 0 aromatic carbocycles. The molecular formula is C11H23N3O3. The van der Waals surface area contributed by atoms with Crippen molar-refractivity contribution >= 4 is 12.0 Å². The van der Waals surface area contributed by atoms with Crippen molar-refractivity contribution in [3.05, 3.63) is 0 Å². The van der Waals surface area contributed by atoms with Gasteiger partial charge in [-0.15, -0.1) is 0 Å². The van der Waals surface area contributed by atoms with Gasteiger partial charge in [0.2, 0.25) is 0 Å². The summed E-state index contributed by atoms with van der Waals surface area (Å²) in [5.74, 6) is -0.990. The van der Waals surface area contributed by atoms with E-state index < -0.39 is 18.0 Å². The summed E-state index contributed by atoms with van der Waals surface area (Å²) in [5.41, 5.74) is 0. The summed E-state index contributed by atoms with van der Waals surface area (Å²) < 4.78 is 0. The lowest BCUT2D eigenvalue weighted by molar-refractivity contribution is -0.139. The number of carboxylic acids is 1. The van der Waals surface area contributed by atoms with Crippen LogP contribution in [-0.4, -0.2) is 55.2 Å². The molecule has 0 aromatic heterocycles. The maximum atomic E-state index is 11.4. The summed E-state index contributed by atoms with van der Waals surface area (Å²) >= 11 is 0. The van der Waals surface area contributed by atoms with E-state index in [1.54, 1.807) is 0 Å². The number of amides is 2. The minimum absolute atomic E-state index is 0.412. The summed E-state index contributed by atoms with van der Waals surface area (Å²) in [5, 5.41) is 13.9. The summed E-state index contributed by atoms with van der Waals surface area (Å²) in [4.78, 5) is 24.2. The molecule has 17 heavy (non-hydrogen) atoms. The van der Waals surface area contributed by atoms with Crippen LogP contribution in [0.15, 0.2) is 0 Å². The average molecular weight is 245 g/mol. The Morgan fingerprint density at radius 1 is 1.35 bits per heavy atom. The molecule has 2 amide bonds. The summed E-state index contributed by atoms with van der Waals surface area (Å²) in [6.45, 7) is 3.31. The molecule has 6 heteroatoms. The van der Waals surface area contributed by atoms with E-state index in [1.165, 1.54) is 0 Å². The number of aliphatic carboxylic acids is 1. The van der Waals surface area contributed by atoms with Gasteiger partial charge in [0.25, 0.3) is 0 Å². The second-order valence-corrected chi connectivity index (χ2v) is 4.24. The zero-order valence-corrected chi connectivity index (χ0v) is 10.8. The van der Waals surface area contributed by atoms with Gasteiger partial charge in [0, 0.05) is 6.54 Å². The molecule has 0 saturated heterocycles. The van der Waals surface area contributed by atoms with Crippen molar-refractivity contribution in [3.8, 4) is 0 Å². The largest absolute Gasteiger partial charge is 0.480 e. The van der Waals surface area contributed by atoms with Crippen LogP contribution in [0.3, 0.4) is 0 Å². The van der Waals surface area contributed by atoms with E-state index in [2.05, 4.69) is 10.6 Å². The second-order valence-electron chi connectivity index (χ2n) is 4.24. The first-order chi connectivity index (χ1) is 7.97. The minimum atomic E-state index is -0.990. The predicted octanol–water partition coefficient (Wildman–Crippen LogP) is 0.491. The van der Waals surface area contributed by atoms with Crippen molar-refractivity contribution in [2.75, 3.05) is 27.2 Å². The first kappa shape index (κ1) is 15.7. The van der Waals surface area contributed by atoms with Crippen molar-refractivity contribution in [1.29, 1.82) is 0 Å². The Bertz CT molecular complexity index is 244. The zero-order chi connectivity index (χ0) is 13.3. The molecular weight excluding hydrogens is 222 g/mol. The average Bonchev–Trinajstić information content (AvgIpc) is 2.23. The monoisotopic (exact) mass is 245 g/mol. The number of hydrogen-bond donors (Lipinski definition) is 3. The molecule has 3 N–H and O–H groups in total. The van der Waals surface area contributed by atoms with Gasteiger partial charge in [0.1, 0.15) is 6.04 Å². The third-order valence-electron chi connectivity index (χ3n) is 2.25. The van der Waals surface area contributed by atoms with Gasteiger partial charge in [-0.25, -0.2) is 9.59 Å². The molecule has 0 aliphatic heterocycles. The molecule has 0 aromatic rings. The lowest BCUT2D eigenvalue weighted by Crippen LogP contribution is -2.46. The van der Waals surface area contributed by atoms with Gasteiger partial charge in [0.05, 0.1) is 0 Å². The zero-order valence-electron chi connectivity index (χ0n) is 10.8. The number of urea groups is 1. The summed E-state index contributed by atoms with van der Waals surface area (Å²) in [6.07, 6.45) is 2.00. The topological polar surface area (TPSA) is 81.7 Å². The first-order valence-corrected chi connectivity index (χ1v) is 5.89. The van der Waals surface area contributed by atoms with Crippen molar-refractivity contribution in [2.45, 2.75) is 32.2 Å². The van der Waals surface area contributed by atoms with Crippen molar-refractivity contribution < 1.29 is 14.7 Å². The highest BCUT2D eigenvalue weighted by Crippen LogP contribution is 1.96. The van der Waals surface area contributed by atoms with E-state index >= 15 is 0 Å². The third-order valence-corrected chi connectivity index (χ3v) is 2.25. The van der Waals surface area contributed by atoms with E-state index in [0.717, 1.165) is 19.4 Å². The predicted molar refractivity (Wildman–Crippen MR) is 66.0 cm³/mol. The standard InChI is InChI=1S/C11H23N3O3/c1-4-6-9(10(15)16)13-11(17)12-7-5-8-14(2)3/h9H,4-8H2,1-3H3,(H,15,16)(H2,12,13,17)/t9-/m0/s1. The SMILES string of the molecule is CCC[C@H](NC(=O)NCCCN(C)C)C(=O)O. The summed E-state index contributed by atoms with van der Waals surface area (Å²) in [6, 6.07) is -1.21. The molecule has 0 saturated carbocycles. The molecule has 6 nitrogen and oxygen atoms in total. The Morgan fingerprint density at radius 2 is 2.00 bits per heavy atom. The Hall–Kier alpha value is -1.30. The van der Waals surface area contributed by atoms with Gasteiger partial charge in [0.15, 0.2) is 0 Å². The van der Waals surface area contributed by atoms with Gasteiger partial charge >= 0.3 is 12.0 Å². The molecule has 0 bridgehead atoms. The van der Waals surface area contributed by atoms with E-state index in [9.17, 15) is 9.59 Å². The lowest BCUT2D eigenvalue weighted by atomic mass is 10.2. The van der Waals surface area contributed by atoms with Gasteiger partial charge in [-0.3, -0.25) is 0 Å². The van der Waals surface area contributed by atoms with E-state index in [0.29, 0.717) is 13.0 Å². The van der Waals surface area contributed by atoms with Crippen LogP contribution in [0.5, 0.6) is 0 Å². The number of carbonyl (C=O) groups is 2. The maximum Gasteiger partial charge on any atom is 0.326 e. The minimum Gasteiger partial charge on any atom is -0.480 e. The van der Waals surface area contributed by atoms with Crippen molar-refractivity contribution in [2.24, 2.45) is 0 Å². The molecule has 1 atom stereocenters. The molecule has 0 rings (SSSR count). The Labute approximate surface area is 102 Å². The molecule has 0 heterocycles. The highest BCUT2D eigenvalue weighted by molar-refractivity contribution is 5.82. The van der Waals surface area contributed by atoms with E-state index in [1.807, 2.05) is 25.9 Å². The molecule has 0 aliphatic carbocycles. The second kappa shape index (κ2) is 8.81. The quantitative estimate of drug-likeness (QED) is 0.544. The molecule has 100 valence electrons. The molecule has 0 radical (unpaired) electrons. The Morgan fingerprint density at radius 3 is 2.47 bits per heavy atom. The smallest absolute Gasteiger partial charge is 0.326 e. The van der Waals surface area contributed by atoms with Gasteiger partial charge in [-0.2, -0.15) is 0 Å². The molecule has 0 unspecified atom stereocenters. The highest BCUT2D eigenvalue weighted by atomic mass is 16.4. The lowest BCUT2D eigenvalue weighted by Gasteiger charge is -2.15. The number of carboxylic acid groups (broad SMARTS) is 1. The number of nitrogens with zero attached hydrogens (tertiary/aromatic N) is 1. The number of rotatable bonds is 8. The Kier molecular flexibility index (Phi) is 8.13. The van der Waals surface area contributed by atoms with Crippen LogP contribution < -0.4 is 10.6 Å². The van der Waals surface area contributed by atoms with E-state index in [4.69, 9.17) is 5.11 Å². The van der Waals surface area contributed by atoms with Crippen molar-refractivity contribution in [3.63, 3.8) is 0 Å². The van der Waals surface area contributed by atoms with Crippen LogP contribution in [0.4, 0.5) is 4.79 Å². The molecule has 0 spiro atoms. The highest BCUT2D eigenvalue weighted by Gasteiger charge is 2.18. The first-order valence-electron chi connectivity index (χ1n) is 5.89. The fourth-order valence-corrected chi connectivity index (χ4v) is 1.35. The Balaban J connectivity index is 3.78. The third kappa shape index (κ3) is 8.50. The summed E-state index contributed by atoms with van der Waals surface area (Å²) in [7, 11) is 3.92. The normalized spacial score (nSPS) is 12.2. The number of hydrogen-bond acceptors (Lipinski definition) is 3. The maximum absolute atomic E-state index is 11.4. The van der Waals surface area contributed by atoms with Gasteiger partial charge in [-0.1, -0.05) is 13.3 Å². The van der Waals surface area contributed by atoms with E-state index in [-0.39, 0.29) is 0 Å². The number of nitrogens with one attached hydrogen (secondary N) is 2. The van der Waals surface area contributed by atoms with Gasteiger partial charge < -0.3 is 20.6 Å². The fourth-order valence-electron chi connectivity index (χ4n) is 1.35. The van der Waals surface area contributed by atoms with Crippen LogP contribution in [0.2, 0.25) is 0 Å². The van der Waals surface area contributed by atoms with Gasteiger partial charge in [-0.05, 0) is 33.5 Å². The molecule has 0 fully saturated rings. The van der Waals surface area contributed by atoms with Crippen LogP contribution in [0.25, 0.3) is 0 Å². The van der Waals surface area contributed by atoms with Crippen molar-refractivity contribution in [1.82, 2.24) is 15.5 Å².